The van der Waals surface area contributed by atoms with Gasteiger partial charge >= 0.3 is 5.97 Å². The van der Waals surface area contributed by atoms with Gasteiger partial charge in [-0.2, -0.15) is 5.10 Å². The number of carboxylic acid groups (broad SMARTS) is 1. The molecule has 9 heteroatoms. The van der Waals surface area contributed by atoms with Gasteiger partial charge in [0.1, 0.15) is 11.2 Å². The highest BCUT2D eigenvalue weighted by Crippen LogP contribution is 2.32. The molecular formula is C18H20N4O5. The van der Waals surface area contributed by atoms with E-state index in [9.17, 15) is 24.8 Å². The average Bonchev–Trinajstić information content (AvgIpc) is 3.14. The number of para-hydroxylation sites is 2. The second-order valence-electron chi connectivity index (χ2n) is 6.92. The molecule has 1 aliphatic rings. The summed E-state index contributed by atoms with van der Waals surface area (Å²) in [5.74, 6) is -1.24. The molecule has 0 bridgehead atoms. The van der Waals surface area contributed by atoms with E-state index in [1.807, 2.05) is 0 Å². The van der Waals surface area contributed by atoms with E-state index in [2.05, 4.69) is 17.3 Å². The Hall–Kier alpha value is -3.23. The van der Waals surface area contributed by atoms with Crippen molar-refractivity contribution in [2.24, 2.45) is 5.92 Å². The lowest BCUT2D eigenvalue weighted by Gasteiger charge is -2.36. The van der Waals surface area contributed by atoms with Crippen molar-refractivity contribution >= 4 is 17.6 Å². The lowest BCUT2D eigenvalue weighted by molar-refractivity contribution is -0.384. The quantitative estimate of drug-likeness (QED) is 0.613. The van der Waals surface area contributed by atoms with E-state index in [4.69, 9.17) is 0 Å². The number of nitrogens with one attached hydrogen (secondary N) is 1. The number of aromatic nitrogens is 2. The highest BCUT2D eigenvalue weighted by molar-refractivity contribution is 5.96. The van der Waals surface area contributed by atoms with Gasteiger partial charge < -0.3 is 10.4 Å². The van der Waals surface area contributed by atoms with Gasteiger partial charge in [-0.15, -0.1) is 0 Å². The number of amides is 1. The number of aliphatic carboxylic acids is 1. The van der Waals surface area contributed by atoms with Crippen LogP contribution in [0.2, 0.25) is 0 Å². The predicted octanol–water partition coefficient (Wildman–Crippen LogP) is 2.54. The summed E-state index contributed by atoms with van der Waals surface area (Å²) in [6.07, 6.45) is 3.60. The summed E-state index contributed by atoms with van der Waals surface area (Å²) in [5.41, 5.74) is -1.21. The van der Waals surface area contributed by atoms with E-state index < -0.39 is 22.3 Å². The SMILES string of the molecule is CC1CCC(NC(=O)c2ccn(-c3ccccc3[N+](=O)[O-])n2)(C(=O)O)CC1. The van der Waals surface area contributed by atoms with Crippen LogP contribution in [0.5, 0.6) is 0 Å². The second kappa shape index (κ2) is 7.18. The Kier molecular flexibility index (Phi) is 4.93. The first-order valence-electron chi connectivity index (χ1n) is 8.68. The van der Waals surface area contributed by atoms with Gasteiger partial charge in [-0.25, -0.2) is 9.48 Å². The van der Waals surface area contributed by atoms with Crippen molar-refractivity contribution in [3.05, 3.63) is 52.3 Å². The lowest BCUT2D eigenvalue weighted by atomic mass is 9.77. The van der Waals surface area contributed by atoms with Crippen LogP contribution in [0, 0.1) is 16.0 Å². The van der Waals surface area contributed by atoms with E-state index in [1.165, 1.54) is 29.1 Å². The van der Waals surface area contributed by atoms with Crippen LogP contribution in [0.15, 0.2) is 36.5 Å². The number of rotatable bonds is 5. The second-order valence-corrected chi connectivity index (χ2v) is 6.92. The van der Waals surface area contributed by atoms with Crippen molar-refractivity contribution in [1.29, 1.82) is 0 Å². The van der Waals surface area contributed by atoms with Crippen molar-refractivity contribution in [3.8, 4) is 5.69 Å². The molecule has 3 rings (SSSR count). The Morgan fingerprint density at radius 3 is 2.59 bits per heavy atom. The topological polar surface area (TPSA) is 127 Å². The molecule has 9 nitrogen and oxygen atoms in total. The maximum absolute atomic E-state index is 12.6. The molecule has 0 radical (unpaired) electrons. The molecule has 0 aliphatic heterocycles. The maximum atomic E-state index is 12.6. The molecule has 2 N–H and O–H groups in total. The number of benzene rings is 1. The maximum Gasteiger partial charge on any atom is 0.329 e. The van der Waals surface area contributed by atoms with Crippen LogP contribution in [0.4, 0.5) is 5.69 Å². The molecule has 1 heterocycles. The molecule has 1 amide bonds. The van der Waals surface area contributed by atoms with Crippen molar-refractivity contribution in [1.82, 2.24) is 15.1 Å². The number of nitro groups is 1. The summed E-state index contributed by atoms with van der Waals surface area (Å²) in [7, 11) is 0. The molecule has 0 saturated heterocycles. The van der Waals surface area contributed by atoms with Crippen LogP contribution >= 0.6 is 0 Å². The van der Waals surface area contributed by atoms with Gasteiger partial charge in [0, 0.05) is 12.3 Å². The van der Waals surface area contributed by atoms with E-state index in [0.29, 0.717) is 18.8 Å². The molecule has 142 valence electrons. The van der Waals surface area contributed by atoms with Gasteiger partial charge in [-0.3, -0.25) is 14.9 Å². The minimum Gasteiger partial charge on any atom is -0.480 e. The number of hydrogen-bond donors (Lipinski definition) is 2. The Bertz CT molecular complexity index is 883. The molecule has 2 aromatic rings. The van der Waals surface area contributed by atoms with Gasteiger partial charge in [0.25, 0.3) is 11.6 Å². The summed E-state index contributed by atoms with van der Waals surface area (Å²) in [6.45, 7) is 2.06. The number of hydrogen-bond acceptors (Lipinski definition) is 5. The summed E-state index contributed by atoms with van der Waals surface area (Å²) in [4.78, 5) is 35.0. The van der Waals surface area contributed by atoms with Gasteiger partial charge in [0.2, 0.25) is 0 Å². The fraction of sp³-hybridized carbons (Fsp3) is 0.389. The van der Waals surface area contributed by atoms with Gasteiger partial charge in [-0.05, 0) is 43.7 Å². The predicted molar refractivity (Wildman–Crippen MR) is 95.7 cm³/mol. The Morgan fingerprint density at radius 1 is 1.30 bits per heavy atom. The number of nitro benzene ring substituents is 1. The highest BCUT2D eigenvalue weighted by atomic mass is 16.6. The van der Waals surface area contributed by atoms with Crippen molar-refractivity contribution in [2.75, 3.05) is 0 Å². The third kappa shape index (κ3) is 3.67. The summed E-state index contributed by atoms with van der Waals surface area (Å²) in [5, 5.41) is 27.5. The van der Waals surface area contributed by atoms with Crippen LogP contribution in [-0.4, -0.2) is 37.2 Å². The molecule has 27 heavy (non-hydrogen) atoms. The van der Waals surface area contributed by atoms with Crippen LogP contribution in [0.25, 0.3) is 5.69 Å². The zero-order valence-corrected chi connectivity index (χ0v) is 14.8. The van der Waals surface area contributed by atoms with Gasteiger partial charge in [0.05, 0.1) is 4.92 Å². The van der Waals surface area contributed by atoms with Crippen LogP contribution in [0.3, 0.4) is 0 Å². The standard InChI is InChI=1S/C18H20N4O5/c1-12-6-9-18(10-7-12,17(24)25)19-16(23)13-8-11-21(20-13)14-4-2-3-5-15(14)22(26)27/h2-5,8,11-12H,6-7,9-10H2,1H3,(H,19,23)(H,24,25). The molecule has 1 saturated carbocycles. The van der Waals surface area contributed by atoms with Crippen molar-refractivity contribution in [3.63, 3.8) is 0 Å². The minimum absolute atomic E-state index is 0.00685. The molecule has 0 atom stereocenters. The minimum atomic E-state index is -1.30. The summed E-state index contributed by atoms with van der Waals surface area (Å²) < 4.78 is 1.24. The van der Waals surface area contributed by atoms with Gasteiger partial charge in [-0.1, -0.05) is 19.1 Å². The number of nitrogens with zero attached hydrogens (tertiary/aromatic N) is 3. The number of carbonyl (C=O) groups excluding carboxylic acids is 1. The fourth-order valence-electron chi connectivity index (χ4n) is 3.32. The monoisotopic (exact) mass is 372 g/mol. The molecule has 1 aromatic carbocycles. The molecule has 1 aromatic heterocycles. The number of carboxylic acids is 1. The van der Waals surface area contributed by atoms with E-state index in [-0.39, 0.29) is 17.1 Å². The Labute approximate surface area is 155 Å². The third-order valence-electron chi connectivity index (χ3n) is 5.04. The van der Waals surface area contributed by atoms with Crippen LogP contribution in [-0.2, 0) is 4.79 Å². The molecule has 1 fully saturated rings. The smallest absolute Gasteiger partial charge is 0.329 e. The lowest BCUT2D eigenvalue weighted by Crippen LogP contribution is -2.56. The Balaban J connectivity index is 1.83. The summed E-state index contributed by atoms with van der Waals surface area (Å²) in [6, 6.07) is 7.45. The fourth-order valence-corrected chi connectivity index (χ4v) is 3.32. The van der Waals surface area contributed by atoms with Gasteiger partial charge in [0.15, 0.2) is 5.69 Å². The highest BCUT2D eigenvalue weighted by Gasteiger charge is 2.42. The molecule has 0 unspecified atom stereocenters. The van der Waals surface area contributed by atoms with Crippen molar-refractivity contribution < 1.29 is 19.6 Å². The average molecular weight is 372 g/mol. The van der Waals surface area contributed by atoms with E-state index >= 15 is 0 Å². The first kappa shape index (κ1) is 18.6. The van der Waals surface area contributed by atoms with Crippen molar-refractivity contribution in [2.45, 2.75) is 38.1 Å². The molecule has 1 aliphatic carbocycles. The molecular weight excluding hydrogens is 352 g/mol. The van der Waals surface area contributed by atoms with E-state index in [1.54, 1.807) is 12.1 Å². The first-order chi connectivity index (χ1) is 12.8. The molecule has 0 spiro atoms. The first-order valence-corrected chi connectivity index (χ1v) is 8.68. The number of carbonyl (C=O) groups is 2. The largest absolute Gasteiger partial charge is 0.480 e. The normalized spacial score (nSPS) is 22.2. The van der Waals surface area contributed by atoms with E-state index in [0.717, 1.165) is 12.8 Å². The van der Waals surface area contributed by atoms with Crippen LogP contribution in [0.1, 0.15) is 43.1 Å². The summed E-state index contributed by atoms with van der Waals surface area (Å²) >= 11 is 0. The zero-order chi connectivity index (χ0) is 19.6. The van der Waals surface area contributed by atoms with Crippen LogP contribution < -0.4 is 5.32 Å². The Morgan fingerprint density at radius 2 is 1.96 bits per heavy atom. The third-order valence-corrected chi connectivity index (χ3v) is 5.04. The zero-order valence-electron chi connectivity index (χ0n) is 14.8.